The number of fused-ring (bicyclic) bond motifs is 1. The summed E-state index contributed by atoms with van der Waals surface area (Å²) in [5.41, 5.74) is 2.40. The van der Waals surface area contributed by atoms with Crippen LogP contribution in [-0.4, -0.2) is 67.2 Å². The van der Waals surface area contributed by atoms with Crippen LogP contribution in [0.4, 0.5) is 5.82 Å². The summed E-state index contributed by atoms with van der Waals surface area (Å²) in [5.74, 6) is 1.79. The molecule has 0 aliphatic carbocycles. The van der Waals surface area contributed by atoms with Crippen molar-refractivity contribution >= 4 is 5.82 Å². The van der Waals surface area contributed by atoms with Gasteiger partial charge in [-0.2, -0.15) is 0 Å². The molecular weight excluding hydrogens is 308 g/mol. The molecular formula is C17H28N4O3. The molecule has 7 heteroatoms. The molecule has 0 spiro atoms. The Morgan fingerprint density at radius 3 is 3.04 bits per heavy atom. The van der Waals surface area contributed by atoms with Crippen LogP contribution in [0.3, 0.4) is 0 Å². The third-order valence-electron chi connectivity index (χ3n) is 4.53. The number of rotatable bonds is 6. The first-order valence-corrected chi connectivity index (χ1v) is 8.96. The van der Waals surface area contributed by atoms with Crippen LogP contribution in [0.1, 0.15) is 30.4 Å². The van der Waals surface area contributed by atoms with Crippen LogP contribution in [0.15, 0.2) is 0 Å². The van der Waals surface area contributed by atoms with Gasteiger partial charge in [-0.05, 0) is 26.3 Å². The Balaban J connectivity index is 1.88. The van der Waals surface area contributed by atoms with Gasteiger partial charge in [-0.3, -0.25) is 0 Å². The largest absolute Gasteiger partial charge is 0.396 e. The third-order valence-corrected chi connectivity index (χ3v) is 4.53. The second-order valence-corrected chi connectivity index (χ2v) is 6.23. The predicted molar refractivity (Wildman–Crippen MR) is 91.3 cm³/mol. The standard InChI is InChI=1S/C17H28N4O3/c1-2-23-12-16-19-15-4-7-18-6-3-14(15)17(20-16)21-8-10-24-13(11-21)5-9-22/h13,18,22H,2-12H2,1H3. The monoisotopic (exact) mass is 336 g/mol. The lowest BCUT2D eigenvalue weighted by Gasteiger charge is -2.35. The van der Waals surface area contributed by atoms with Crippen molar-refractivity contribution in [2.45, 2.75) is 38.9 Å². The quantitative estimate of drug-likeness (QED) is 0.773. The number of ether oxygens (including phenoxy) is 2. The van der Waals surface area contributed by atoms with Crippen molar-refractivity contribution in [2.75, 3.05) is 50.9 Å². The van der Waals surface area contributed by atoms with Crippen LogP contribution in [0.2, 0.25) is 0 Å². The van der Waals surface area contributed by atoms with Crippen molar-refractivity contribution in [1.29, 1.82) is 0 Å². The van der Waals surface area contributed by atoms with Crippen molar-refractivity contribution in [2.24, 2.45) is 0 Å². The van der Waals surface area contributed by atoms with E-state index in [0.29, 0.717) is 26.2 Å². The molecule has 2 aliphatic rings. The van der Waals surface area contributed by atoms with E-state index < -0.39 is 0 Å². The average Bonchev–Trinajstić information content (AvgIpc) is 2.85. The molecule has 3 heterocycles. The molecule has 0 radical (unpaired) electrons. The number of nitrogens with one attached hydrogen (secondary N) is 1. The summed E-state index contributed by atoms with van der Waals surface area (Å²) in [6.07, 6.45) is 2.60. The van der Waals surface area contributed by atoms with Gasteiger partial charge in [0.25, 0.3) is 0 Å². The summed E-state index contributed by atoms with van der Waals surface area (Å²) >= 11 is 0. The van der Waals surface area contributed by atoms with Crippen LogP contribution in [-0.2, 0) is 28.9 Å². The maximum absolute atomic E-state index is 9.20. The lowest BCUT2D eigenvalue weighted by atomic mass is 10.1. The van der Waals surface area contributed by atoms with Crippen molar-refractivity contribution in [3.8, 4) is 0 Å². The lowest BCUT2D eigenvalue weighted by Crippen LogP contribution is -2.44. The maximum atomic E-state index is 9.20. The molecule has 1 unspecified atom stereocenters. The highest BCUT2D eigenvalue weighted by Crippen LogP contribution is 2.26. The molecule has 134 valence electrons. The molecule has 2 aliphatic heterocycles. The summed E-state index contributed by atoms with van der Waals surface area (Å²) in [7, 11) is 0. The van der Waals surface area contributed by atoms with Crippen molar-refractivity contribution < 1.29 is 14.6 Å². The number of aliphatic hydroxyl groups is 1. The fraction of sp³-hybridized carbons (Fsp3) is 0.765. The second-order valence-electron chi connectivity index (χ2n) is 6.23. The van der Waals surface area contributed by atoms with E-state index in [1.807, 2.05) is 6.92 Å². The predicted octanol–water partition coefficient (Wildman–Crippen LogP) is 0.289. The Bertz CT molecular complexity index is 539. The van der Waals surface area contributed by atoms with Crippen LogP contribution >= 0.6 is 0 Å². The number of morpholine rings is 1. The Labute approximate surface area is 143 Å². The molecule has 1 atom stereocenters. The van der Waals surface area contributed by atoms with E-state index in [1.54, 1.807) is 0 Å². The smallest absolute Gasteiger partial charge is 0.156 e. The summed E-state index contributed by atoms with van der Waals surface area (Å²) in [4.78, 5) is 11.9. The highest BCUT2D eigenvalue weighted by atomic mass is 16.5. The van der Waals surface area contributed by atoms with Gasteiger partial charge < -0.3 is 24.8 Å². The van der Waals surface area contributed by atoms with E-state index in [1.165, 1.54) is 5.56 Å². The molecule has 1 fully saturated rings. The zero-order valence-corrected chi connectivity index (χ0v) is 14.5. The van der Waals surface area contributed by atoms with Gasteiger partial charge in [0.15, 0.2) is 5.82 Å². The van der Waals surface area contributed by atoms with Gasteiger partial charge in [0.05, 0.1) is 18.4 Å². The minimum absolute atomic E-state index is 0.0635. The van der Waals surface area contributed by atoms with Crippen LogP contribution in [0.5, 0.6) is 0 Å². The summed E-state index contributed by atoms with van der Waals surface area (Å²) in [5, 5.41) is 12.6. The SMILES string of the molecule is CCOCc1nc2c(c(N3CCOC(CCO)C3)n1)CCNCC2. The second kappa shape index (κ2) is 8.71. The Hall–Kier alpha value is -1.28. The minimum atomic E-state index is 0.0635. The molecule has 0 amide bonds. The fourth-order valence-corrected chi connectivity index (χ4v) is 3.32. The van der Waals surface area contributed by atoms with Gasteiger partial charge in [-0.25, -0.2) is 9.97 Å². The van der Waals surface area contributed by atoms with Crippen LogP contribution in [0, 0.1) is 0 Å². The van der Waals surface area contributed by atoms with Crippen LogP contribution in [0.25, 0.3) is 0 Å². The molecule has 7 nitrogen and oxygen atoms in total. The molecule has 0 bridgehead atoms. The van der Waals surface area contributed by atoms with Crippen molar-refractivity contribution in [3.63, 3.8) is 0 Å². The average molecular weight is 336 g/mol. The van der Waals surface area contributed by atoms with Crippen molar-refractivity contribution in [1.82, 2.24) is 15.3 Å². The maximum Gasteiger partial charge on any atom is 0.156 e. The lowest BCUT2D eigenvalue weighted by molar-refractivity contribution is 0.0243. The third kappa shape index (κ3) is 4.22. The first-order chi connectivity index (χ1) is 11.8. The highest BCUT2D eigenvalue weighted by molar-refractivity contribution is 5.50. The molecule has 24 heavy (non-hydrogen) atoms. The zero-order chi connectivity index (χ0) is 16.8. The Morgan fingerprint density at radius 1 is 1.33 bits per heavy atom. The number of aromatic nitrogens is 2. The first-order valence-electron chi connectivity index (χ1n) is 8.96. The highest BCUT2D eigenvalue weighted by Gasteiger charge is 2.26. The van der Waals surface area contributed by atoms with Gasteiger partial charge in [0, 0.05) is 44.8 Å². The fourth-order valence-electron chi connectivity index (χ4n) is 3.32. The number of nitrogens with zero attached hydrogens (tertiary/aromatic N) is 3. The Morgan fingerprint density at radius 2 is 2.21 bits per heavy atom. The van der Waals surface area contributed by atoms with Gasteiger partial charge in [0.1, 0.15) is 12.4 Å². The summed E-state index contributed by atoms with van der Waals surface area (Å²) in [6.45, 7) is 7.42. The molecule has 1 aromatic heterocycles. The van der Waals surface area contributed by atoms with Gasteiger partial charge in [-0.1, -0.05) is 0 Å². The molecule has 2 N–H and O–H groups in total. The van der Waals surface area contributed by atoms with E-state index in [4.69, 9.17) is 19.4 Å². The number of aliphatic hydroxyl groups excluding tert-OH is 1. The summed E-state index contributed by atoms with van der Waals surface area (Å²) < 4.78 is 11.3. The van der Waals surface area contributed by atoms with E-state index in [9.17, 15) is 5.11 Å². The molecule has 1 aromatic rings. The molecule has 1 saturated heterocycles. The Kier molecular flexibility index (Phi) is 6.37. The number of hydrogen-bond acceptors (Lipinski definition) is 7. The van der Waals surface area contributed by atoms with E-state index in [2.05, 4.69) is 10.2 Å². The van der Waals surface area contributed by atoms with Gasteiger partial charge >= 0.3 is 0 Å². The van der Waals surface area contributed by atoms with Gasteiger partial charge in [-0.15, -0.1) is 0 Å². The topological polar surface area (TPSA) is 79.7 Å². The molecule has 0 aromatic carbocycles. The van der Waals surface area contributed by atoms with E-state index >= 15 is 0 Å². The van der Waals surface area contributed by atoms with Crippen molar-refractivity contribution in [3.05, 3.63) is 17.1 Å². The first kappa shape index (κ1) is 17.5. The zero-order valence-electron chi connectivity index (χ0n) is 14.5. The van der Waals surface area contributed by atoms with Gasteiger partial charge in [0.2, 0.25) is 0 Å². The van der Waals surface area contributed by atoms with E-state index in [0.717, 1.165) is 56.4 Å². The minimum Gasteiger partial charge on any atom is -0.396 e. The summed E-state index contributed by atoms with van der Waals surface area (Å²) in [6, 6.07) is 0. The van der Waals surface area contributed by atoms with Crippen LogP contribution < -0.4 is 10.2 Å². The normalized spacial score (nSPS) is 21.4. The van der Waals surface area contributed by atoms with E-state index in [-0.39, 0.29) is 12.7 Å². The molecule has 0 saturated carbocycles. The molecule has 3 rings (SSSR count). The number of anilines is 1. The number of hydrogen-bond donors (Lipinski definition) is 2.